The molecule has 0 fully saturated rings. The molecular weight excluding hydrogens is 202 g/mol. The maximum absolute atomic E-state index is 5.64. The van der Waals surface area contributed by atoms with E-state index in [0.29, 0.717) is 5.95 Å². The standard InChI is InChI=1S/C11H17N5/c1-15(8-7-9-5-3-4-6-9)11-14-13-10(12)16(11)2/h3,5-6H,4,7-8H2,1-2H3,(H2,12,13). The Hall–Kier alpha value is -1.78. The minimum Gasteiger partial charge on any atom is -0.368 e. The third-order valence-corrected chi connectivity index (χ3v) is 2.81. The number of allylic oxidation sites excluding steroid dienone is 3. The molecule has 2 rings (SSSR count). The summed E-state index contributed by atoms with van der Waals surface area (Å²) in [5.41, 5.74) is 7.03. The molecule has 0 radical (unpaired) electrons. The quantitative estimate of drug-likeness (QED) is 0.824. The second-order valence-corrected chi connectivity index (χ2v) is 4.01. The molecule has 1 aromatic heterocycles. The number of anilines is 2. The maximum atomic E-state index is 5.64. The summed E-state index contributed by atoms with van der Waals surface area (Å²) in [5, 5.41) is 7.87. The molecule has 1 aliphatic carbocycles. The lowest BCUT2D eigenvalue weighted by atomic mass is 10.2. The Bertz CT molecular complexity index is 430. The highest BCUT2D eigenvalue weighted by molar-refractivity contribution is 5.36. The number of hydrogen-bond acceptors (Lipinski definition) is 4. The predicted molar refractivity (Wildman–Crippen MR) is 65.1 cm³/mol. The average molecular weight is 219 g/mol. The number of rotatable bonds is 4. The Morgan fingerprint density at radius 2 is 2.31 bits per heavy atom. The molecular formula is C11H17N5. The zero-order valence-corrected chi connectivity index (χ0v) is 9.72. The Kier molecular flexibility index (Phi) is 2.94. The highest BCUT2D eigenvalue weighted by Gasteiger charge is 2.10. The van der Waals surface area contributed by atoms with E-state index in [1.807, 2.05) is 14.1 Å². The van der Waals surface area contributed by atoms with Gasteiger partial charge in [0.2, 0.25) is 11.9 Å². The van der Waals surface area contributed by atoms with Crippen molar-refractivity contribution in [2.75, 3.05) is 24.2 Å². The van der Waals surface area contributed by atoms with Crippen LogP contribution < -0.4 is 10.6 Å². The number of nitrogen functional groups attached to an aromatic ring is 1. The van der Waals surface area contributed by atoms with Crippen molar-refractivity contribution >= 4 is 11.9 Å². The molecule has 0 aliphatic heterocycles. The van der Waals surface area contributed by atoms with Crippen molar-refractivity contribution in [3.63, 3.8) is 0 Å². The fraction of sp³-hybridized carbons (Fsp3) is 0.455. The Balaban J connectivity index is 1.95. The molecule has 1 aromatic rings. The lowest BCUT2D eigenvalue weighted by Gasteiger charge is -2.17. The zero-order valence-electron chi connectivity index (χ0n) is 9.72. The van der Waals surface area contributed by atoms with Gasteiger partial charge < -0.3 is 10.6 Å². The highest BCUT2D eigenvalue weighted by atomic mass is 15.4. The maximum Gasteiger partial charge on any atom is 0.228 e. The summed E-state index contributed by atoms with van der Waals surface area (Å²) in [5.74, 6) is 1.25. The number of aromatic nitrogens is 3. The van der Waals surface area contributed by atoms with E-state index in [-0.39, 0.29) is 0 Å². The van der Waals surface area contributed by atoms with Gasteiger partial charge in [0.25, 0.3) is 0 Å². The summed E-state index contributed by atoms with van der Waals surface area (Å²) in [7, 11) is 3.87. The second-order valence-electron chi connectivity index (χ2n) is 4.01. The molecule has 0 amide bonds. The molecule has 5 nitrogen and oxygen atoms in total. The van der Waals surface area contributed by atoms with E-state index < -0.39 is 0 Å². The first-order valence-corrected chi connectivity index (χ1v) is 5.40. The summed E-state index contributed by atoms with van der Waals surface area (Å²) in [6.45, 7) is 0.919. The first kappa shape index (κ1) is 10.7. The number of nitrogens with zero attached hydrogens (tertiary/aromatic N) is 4. The van der Waals surface area contributed by atoms with Gasteiger partial charge in [-0.2, -0.15) is 0 Å². The van der Waals surface area contributed by atoms with Crippen molar-refractivity contribution in [2.45, 2.75) is 12.8 Å². The van der Waals surface area contributed by atoms with E-state index in [0.717, 1.165) is 25.3 Å². The van der Waals surface area contributed by atoms with E-state index in [1.165, 1.54) is 5.57 Å². The van der Waals surface area contributed by atoms with Gasteiger partial charge >= 0.3 is 0 Å². The highest BCUT2D eigenvalue weighted by Crippen LogP contribution is 2.16. The lowest BCUT2D eigenvalue weighted by molar-refractivity contribution is 0.796. The van der Waals surface area contributed by atoms with Gasteiger partial charge in [-0.3, -0.25) is 4.57 Å². The molecule has 0 spiro atoms. The van der Waals surface area contributed by atoms with Crippen LogP contribution in [-0.2, 0) is 7.05 Å². The van der Waals surface area contributed by atoms with Crippen LogP contribution in [0.5, 0.6) is 0 Å². The summed E-state index contributed by atoms with van der Waals surface area (Å²) in [4.78, 5) is 2.07. The van der Waals surface area contributed by atoms with Crippen LogP contribution in [0.3, 0.4) is 0 Å². The van der Waals surface area contributed by atoms with Crippen molar-refractivity contribution in [1.82, 2.24) is 14.8 Å². The molecule has 0 saturated carbocycles. The molecule has 2 N–H and O–H groups in total. The van der Waals surface area contributed by atoms with Gasteiger partial charge in [0.15, 0.2) is 0 Å². The van der Waals surface area contributed by atoms with Gasteiger partial charge in [0, 0.05) is 20.6 Å². The predicted octanol–water partition coefficient (Wildman–Crippen LogP) is 1.11. The van der Waals surface area contributed by atoms with Crippen LogP contribution >= 0.6 is 0 Å². The summed E-state index contributed by atoms with van der Waals surface area (Å²) >= 11 is 0. The van der Waals surface area contributed by atoms with E-state index >= 15 is 0 Å². The van der Waals surface area contributed by atoms with Crippen LogP contribution in [0.25, 0.3) is 0 Å². The monoisotopic (exact) mass is 219 g/mol. The second kappa shape index (κ2) is 4.38. The summed E-state index contributed by atoms with van der Waals surface area (Å²) in [6, 6.07) is 0. The van der Waals surface area contributed by atoms with Gasteiger partial charge in [0.05, 0.1) is 0 Å². The molecule has 86 valence electrons. The van der Waals surface area contributed by atoms with Crippen LogP contribution in [0, 0.1) is 0 Å². The summed E-state index contributed by atoms with van der Waals surface area (Å²) in [6.07, 6.45) is 8.70. The minimum absolute atomic E-state index is 0.446. The Morgan fingerprint density at radius 3 is 2.88 bits per heavy atom. The molecule has 0 saturated heterocycles. The van der Waals surface area contributed by atoms with E-state index in [1.54, 1.807) is 4.57 Å². The van der Waals surface area contributed by atoms with Gasteiger partial charge in [-0.05, 0) is 12.8 Å². The fourth-order valence-corrected chi connectivity index (χ4v) is 1.75. The molecule has 5 heteroatoms. The fourth-order valence-electron chi connectivity index (χ4n) is 1.75. The third-order valence-electron chi connectivity index (χ3n) is 2.81. The van der Waals surface area contributed by atoms with E-state index in [9.17, 15) is 0 Å². The van der Waals surface area contributed by atoms with Gasteiger partial charge in [-0.15, -0.1) is 10.2 Å². The van der Waals surface area contributed by atoms with Crippen molar-refractivity contribution in [3.8, 4) is 0 Å². The van der Waals surface area contributed by atoms with E-state index in [2.05, 4.69) is 33.3 Å². The molecule has 1 aliphatic rings. The largest absolute Gasteiger partial charge is 0.368 e. The number of hydrogen-bond donors (Lipinski definition) is 1. The summed E-state index contributed by atoms with van der Waals surface area (Å²) < 4.78 is 1.79. The van der Waals surface area contributed by atoms with Crippen LogP contribution in [0.1, 0.15) is 12.8 Å². The molecule has 16 heavy (non-hydrogen) atoms. The van der Waals surface area contributed by atoms with Crippen molar-refractivity contribution in [3.05, 3.63) is 23.8 Å². The molecule has 0 bridgehead atoms. The molecule has 0 unspecified atom stereocenters. The third kappa shape index (κ3) is 2.08. The van der Waals surface area contributed by atoms with Crippen molar-refractivity contribution < 1.29 is 0 Å². The van der Waals surface area contributed by atoms with Crippen LogP contribution in [0.15, 0.2) is 23.8 Å². The first-order chi connectivity index (χ1) is 7.68. The van der Waals surface area contributed by atoms with Crippen LogP contribution in [0.2, 0.25) is 0 Å². The molecule has 0 atom stereocenters. The SMILES string of the molecule is CN(CCC1=CCC=C1)c1nnc(N)n1C. The van der Waals surface area contributed by atoms with E-state index in [4.69, 9.17) is 5.73 Å². The van der Waals surface area contributed by atoms with Crippen molar-refractivity contribution in [1.29, 1.82) is 0 Å². The molecule has 1 heterocycles. The smallest absolute Gasteiger partial charge is 0.228 e. The Labute approximate surface area is 95.3 Å². The van der Waals surface area contributed by atoms with Gasteiger partial charge in [0.1, 0.15) is 0 Å². The number of nitrogens with two attached hydrogens (primary N) is 1. The zero-order chi connectivity index (χ0) is 11.5. The Morgan fingerprint density at radius 1 is 1.50 bits per heavy atom. The lowest BCUT2D eigenvalue weighted by Crippen LogP contribution is -2.22. The average Bonchev–Trinajstić information content (AvgIpc) is 2.88. The van der Waals surface area contributed by atoms with Crippen molar-refractivity contribution in [2.24, 2.45) is 7.05 Å². The topological polar surface area (TPSA) is 60.0 Å². The minimum atomic E-state index is 0.446. The normalized spacial score (nSPS) is 14.2. The first-order valence-electron chi connectivity index (χ1n) is 5.40. The van der Waals surface area contributed by atoms with Gasteiger partial charge in [-0.1, -0.05) is 23.8 Å². The van der Waals surface area contributed by atoms with Crippen LogP contribution in [0.4, 0.5) is 11.9 Å². The molecule has 0 aromatic carbocycles. The van der Waals surface area contributed by atoms with Gasteiger partial charge in [-0.25, -0.2) is 0 Å². The van der Waals surface area contributed by atoms with Crippen LogP contribution in [-0.4, -0.2) is 28.4 Å².